The molecular weight excluding hydrogens is 210 g/mol. The second-order valence-electron chi connectivity index (χ2n) is 3.52. The SMILES string of the molecule is Fc1cnc2c(ccc3cc(F)cnc32)c1. The Hall–Kier alpha value is -2.10. The highest BCUT2D eigenvalue weighted by Gasteiger charge is 2.04. The molecule has 0 radical (unpaired) electrons. The molecule has 0 unspecified atom stereocenters. The van der Waals surface area contributed by atoms with Crippen molar-refractivity contribution in [2.24, 2.45) is 0 Å². The molecule has 16 heavy (non-hydrogen) atoms. The van der Waals surface area contributed by atoms with Crippen LogP contribution in [0.2, 0.25) is 0 Å². The monoisotopic (exact) mass is 216 g/mol. The average molecular weight is 216 g/mol. The minimum atomic E-state index is -0.394. The highest BCUT2D eigenvalue weighted by molar-refractivity contribution is 6.02. The summed E-state index contributed by atoms with van der Waals surface area (Å²) in [7, 11) is 0. The molecule has 2 heterocycles. The van der Waals surface area contributed by atoms with E-state index in [0.717, 1.165) is 12.4 Å². The van der Waals surface area contributed by atoms with Gasteiger partial charge in [0.1, 0.15) is 11.6 Å². The lowest BCUT2D eigenvalue weighted by Crippen LogP contribution is -1.87. The van der Waals surface area contributed by atoms with Crippen molar-refractivity contribution in [2.45, 2.75) is 0 Å². The summed E-state index contributed by atoms with van der Waals surface area (Å²) >= 11 is 0. The van der Waals surface area contributed by atoms with Crippen LogP contribution in [-0.2, 0) is 0 Å². The molecule has 2 nitrogen and oxygen atoms in total. The van der Waals surface area contributed by atoms with Gasteiger partial charge >= 0.3 is 0 Å². The minimum absolute atomic E-state index is 0.394. The molecule has 0 N–H and O–H groups in total. The lowest BCUT2D eigenvalue weighted by atomic mass is 10.1. The largest absolute Gasteiger partial charge is 0.251 e. The van der Waals surface area contributed by atoms with Crippen molar-refractivity contribution in [1.82, 2.24) is 9.97 Å². The van der Waals surface area contributed by atoms with Gasteiger partial charge < -0.3 is 0 Å². The summed E-state index contributed by atoms with van der Waals surface area (Å²) in [4.78, 5) is 7.96. The Labute approximate surface area is 89.6 Å². The minimum Gasteiger partial charge on any atom is -0.251 e. The third-order valence-corrected chi connectivity index (χ3v) is 2.43. The van der Waals surface area contributed by atoms with Crippen LogP contribution in [0.3, 0.4) is 0 Å². The van der Waals surface area contributed by atoms with Gasteiger partial charge in [0.25, 0.3) is 0 Å². The van der Waals surface area contributed by atoms with E-state index in [1.165, 1.54) is 12.1 Å². The van der Waals surface area contributed by atoms with Crippen LogP contribution in [0.15, 0.2) is 36.7 Å². The Morgan fingerprint density at radius 1 is 0.750 bits per heavy atom. The van der Waals surface area contributed by atoms with Gasteiger partial charge in [0.05, 0.1) is 23.4 Å². The van der Waals surface area contributed by atoms with Crippen LogP contribution in [0.5, 0.6) is 0 Å². The second kappa shape index (κ2) is 3.20. The maximum Gasteiger partial charge on any atom is 0.142 e. The zero-order valence-corrected chi connectivity index (χ0v) is 8.11. The molecule has 0 saturated carbocycles. The van der Waals surface area contributed by atoms with Crippen LogP contribution < -0.4 is 0 Å². The molecule has 0 spiro atoms. The van der Waals surface area contributed by atoms with Crippen LogP contribution in [-0.4, -0.2) is 9.97 Å². The van der Waals surface area contributed by atoms with Crippen molar-refractivity contribution in [3.05, 3.63) is 48.3 Å². The van der Waals surface area contributed by atoms with Gasteiger partial charge in [0.2, 0.25) is 0 Å². The fourth-order valence-electron chi connectivity index (χ4n) is 1.74. The summed E-state index contributed by atoms with van der Waals surface area (Å²) in [5.74, 6) is -0.789. The van der Waals surface area contributed by atoms with E-state index in [4.69, 9.17) is 0 Å². The van der Waals surface area contributed by atoms with E-state index in [1.54, 1.807) is 12.1 Å². The van der Waals surface area contributed by atoms with Crippen molar-refractivity contribution >= 4 is 21.8 Å². The first kappa shape index (κ1) is 9.15. The molecule has 4 heteroatoms. The smallest absolute Gasteiger partial charge is 0.142 e. The van der Waals surface area contributed by atoms with Crippen molar-refractivity contribution in [3.8, 4) is 0 Å². The number of aromatic nitrogens is 2. The van der Waals surface area contributed by atoms with Gasteiger partial charge in [-0.15, -0.1) is 0 Å². The Morgan fingerprint density at radius 2 is 1.19 bits per heavy atom. The maximum atomic E-state index is 13.0. The number of benzene rings is 1. The first-order chi connectivity index (χ1) is 7.74. The summed E-state index contributed by atoms with van der Waals surface area (Å²) in [6.45, 7) is 0. The first-order valence-electron chi connectivity index (χ1n) is 4.73. The highest BCUT2D eigenvalue weighted by atomic mass is 19.1. The van der Waals surface area contributed by atoms with Crippen molar-refractivity contribution < 1.29 is 8.78 Å². The number of hydrogen-bond donors (Lipinski definition) is 0. The maximum absolute atomic E-state index is 13.0. The Balaban J connectivity index is 2.50. The van der Waals surface area contributed by atoms with Crippen LogP contribution >= 0.6 is 0 Å². The molecule has 0 aliphatic rings. The van der Waals surface area contributed by atoms with Crippen LogP contribution in [0.4, 0.5) is 8.78 Å². The molecule has 0 saturated heterocycles. The van der Waals surface area contributed by atoms with Gasteiger partial charge in [-0.05, 0) is 12.1 Å². The number of nitrogens with zero attached hydrogens (tertiary/aromatic N) is 2. The number of pyridine rings is 2. The predicted octanol–water partition coefficient (Wildman–Crippen LogP) is 3.06. The number of rotatable bonds is 0. The highest BCUT2D eigenvalue weighted by Crippen LogP contribution is 2.22. The summed E-state index contributed by atoms with van der Waals surface area (Å²) in [5, 5.41) is 1.32. The van der Waals surface area contributed by atoms with Gasteiger partial charge in [-0.3, -0.25) is 9.97 Å². The van der Waals surface area contributed by atoms with Crippen LogP contribution in [0.25, 0.3) is 21.8 Å². The lowest BCUT2D eigenvalue weighted by Gasteiger charge is -2.01. The quantitative estimate of drug-likeness (QED) is 0.540. The molecule has 0 amide bonds. The molecule has 1 aromatic carbocycles. The van der Waals surface area contributed by atoms with Gasteiger partial charge in [0.15, 0.2) is 0 Å². The van der Waals surface area contributed by atoms with E-state index >= 15 is 0 Å². The Bertz CT molecular complexity index is 634. The van der Waals surface area contributed by atoms with Crippen molar-refractivity contribution in [1.29, 1.82) is 0 Å². The molecule has 0 atom stereocenters. The number of hydrogen-bond acceptors (Lipinski definition) is 2. The molecule has 3 rings (SSSR count). The Morgan fingerprint density at radius 3 is 1.62 bits per heavy atom. The van der Waals surface area contributed by atoms with E-state index < -0.39 is 11.6 Å². The Kier molecular flexibility index (Phi) is 1.83. The molecule has 0 aliphatic carbocycles. The third kappa shape index (κ3) is 1.31. The lowest BCUT2D eigenvalue weighted by molar-refractivity contribution is 0.623. The molecule has 2 aromatic heterocycles. The van der Waals surface area contributed by atoms with E-state index in [0.29, 0.717) is 21.8 Å². The summed E-state index contributed by atoms with van der Waals surface area (Å²) in [6.07, 6.45) is 2.26. The number of halogens is 2. The van der Waals surface area contributed by atoms with Crippen molar-refractivity contribution in [2.75, 3.05) is 0 Å². The van der Waals surface area contributed by atoms with Gasteiger partial charge in [-0.2, -0.15) is 0 Å². The zero-order valence-electron chi connectivity index (χ0n) is 8.11. The van der Waals surface area contributed by atoms with Gasteiger partial charge in [-0.1, -0.05) is 12.1 Å². The first-order valence-corrected chi connectivity index (χ1v) is 4.73. The fraction of sp³-hybridized carbons (Fsp3) is 0. The normalized spacial score (nSPS) is 11.1. The van der Waals surface area contributed by atoms with Crippen molar-refractivity contribution in [3.63, 3.8) is 0 Å². The zero-order chi connectivity index (χ0) is 11.1. The third-order valence-electron chi connectivity index (χ3n) is 2.43. The molecule has 0 bridgehead atoms. The average Bonchev–Trinajstić information content (AvgIpc) is 2.28. The molecule has 0 aliphatic heterocycles. The topological polar surface area (TPSA) is 25.8 Å². The summed E-state index contributed by atoms with van der Waals surface area (Å²) in [5.41, 5.74) is 1.16. The second-order valence-corrected chi connectivity index (χ2v) is 3.52. The summed E-state index contributed by atoms with van der Waals surface area (Å²) in [6, 6.07) is 6.17. The van der Waals surface area contributed by atoms with Crippen LogP contribution in [0, 0.1) is 11.6 Å². The standard InChI is InChI=1S/C12H6F2N2/c13-9-3-7-1-2-8-4-10(14)6-16-12(8)11(7)15-5-9/h1-6H. The van der Waals surface area contributed by atoms with E-state index in [-0.39, 0.29) is 0 Å². The molecule has 3 aromatic rings. The summed E-state index contributed by atoms with van der Waals surface area (Å²) < 4.78 is 25.9. The van der Waals surface area contributed by atoms with Gasteiger partial charge in [0, 0.05) is 10.8 Å². The van der Waals surface area contributed by atoms with Crippen LogP contribution in [0.1, 0.15) is 0 Å². The van der Waals surface area contributed by atoms with E-state index in [2.05, 4.69) is 9.97 Å². The molecule has 78 valence electrons. The fourth-order valence-corrected chi connectivity index (χ4v) is 1.74. The molecular formula is C12H6F2N2. The number of fused-ring (bicyclic) bond motifs is 3. The predicted molar refractivity (Wildman–Crippen MR) is 57.0 cm³/mol. The van der Waals surface area contributed by atoms with E-state index in [9.17, 15) is 8.78 Å². The van der Waals surface area contributed by atoms with E-state index in [1.807, 2.05) is 0 Å². The van der Waals surface area contributed by atoms with Gasteiger partial charge in [-0.25, -0.2) is 8.78 Å². The molecule has 0 fully saturated rings.